The van der Waals surface area contributed by atoms with E-state index in [0.29, 0.717) is 0 Å². The SMILES string of the molecule is Cn1ccnc1CCC(C)(N)c1ccccc1. The summed E-state index contributed by atoms with van der Waals surface area (Å²) in [5, 5.41) is 0. The van der Waals surface area contributed by atoms with Crippen molar-refractivity contribution in [3.63, 3.8) is 0 Å². The average Bonchev–Trinajstić information content (AvgIpc) is 2.74. The normalized spacial score (nSPS) is 14.5. The lowest BCUT2D eigenvalue weighted by Gasteiger charge is -2.25. The van der Waals surface area contributed by atoms with Crippen LogP contribution < -0.4 is 5.73 Å². The number of nitrogens with zero attached hydrogens (tertiary/aromatic N) is 2. The van der Waals surface area contributed by atoms with E-state index < -0.39 is 0 Å². The van der Waals surface area contributed by atoms with E-state index >= 15 is 0 Å². The van der Waals surface area contributed by atoms with Crippen molar-refractivity contribution in [1.29, 1.82) is 0 Å². The maximum atomic E-state index is 6.37. The van der Waals surface area contributed by atoms with Crippen LogP contribution in [-0.2, 0) is 19.0 Å². The first-order valence-corrected chi connectivity index (χ1v) is 5.90. The third-order valence-electron chi connectivity index (χ3n) is 3.22. The lowest BCUT2D eigenvalue weighted by Crippen LogP contribution is -2.33. The molecule has 0 aliphatic carbocycles. The summed E-state index contributed by atoms with van der Waals surface area (Å²) in [5.41, 5.74) is 7.24. The molecule has 2 aromatic rings. The van der Waals surface area contributed by atoms with E-state index in [-0.39, 0.29) is 5.54 Å². The molecule has 1 heterocycles. The highest BCUT2D eigenvalue weighted by Gasteiger charge is 2.21. The summed E-state index contributed by atoms with van der Waals surface area (Å²) in [5.74, 6) is 1.08. The molecule has 0 aliphatic rings. The Morgan fingerprint density at radius 3 is 2.59 bits per heavy atom. The quantitative estimate of drug-likeness (QED) is 0.873. The largest absolute Gasteiger partial charge is 0.338 e. The van der Waals surface area contributed by atoms with Gasteiger partial charge in [-0.05, 0) is 18.9 Å². The van der Waals surface area contributed by atoms with Gasteiger partial charge in [0.25, 0.3) is 0 Å². The Balaban J connectivity index is 2.06. The van der Waals surface area contributed by atoms with Gasteiger partial charge in [-0.25, -0.2) is 4.98 Å². The van der Waals surface area contributed by atoms with E-state index in [2.05, 4.69) is 24.0 Å². The smallest absolute Gasteiger partial charge is 0.108 e. The van der Waals surface area contributed by atoms with E-state index in [4.69, 9.17) is 5.73 Å². The van der Waals surface area contributed by atoms with E-state index in [1.54, 1.807) is 0 Å². The molecule has 2 N–H and O–H groups in total. The topological polar surface area (TPSA) is 43.8 Å². The number of hydrogen-bond acceptors (Lipinski definition) is 2. The van der Waals surface area contributed by atoms with Crippen molar-refractivity contribution in [3.05, 3.63) is 54.1 Å². The minimum atomic E-state index is -0.298. The molecule has 17 heavy (non-hydrogen) atoms. The van der Waals surface area contributed by atoms with Crippen LogP contribution in [0.2, 0.25) is 0 Å². The molecule has 3 heteroatoms. The van der Waals surface area contributed by atoms with Gasteiger partial charge >= 0.3 is 0 Å². The highest BCUT2D eigenvalue weighted by atomic mass is 15.0. The van der Waals surface area contributed by atoms with Crippen molar-refractivity contribution < 1.29 is 0 Å². The van der Waals surface area contributed by atoms with Crippen LogP contribution in [0.1, 0.15) is 24.7 Å². The monoisotopic (exact) mass is 229 g/mol. The molecule has 0 amide bonds. The van der Waals surface area contributed by atoms with Gasteiger partial charge < -0.3 is 10.3 Å². The fourth-order valence-corrected chi connectivity index (χ4v) is 1.97. The Labute approximate surface area is 102 Å². The Morgan fingerprint density at radius 1 is 1.29 bits per heavy atom. The summed E-state index contributed by atoms with van der Waals surface area (Å²) in [6.07, 6.45) is 5.57. The highest BCUT2D eigenvalue weighted by molar-refractivity contribution is 5.23. The number of aryl methyl sites for hydroxylation is 2. The second kappa shape index (κ2) is 4.72. The van der Waals surface area contributed by atoms with Crippen LogP contribution in [0.4, 0.5) is 0 Å². The number of nitrogens with two attached hydrogens (primary N) is 1. The lowest BCUT2D eigenvalue weighted by atomic mass is 9.88. The molecule has 2 rings (SSSR count). The molecule has 0 radical (unpaired) electrons. The van der Waals surface area contributed by atoms with Gasteiger partial charge in [0, 0.05) is 31.4 Å². The zero-order valence-corrected chi connectivity index (χ0v) is 10.4. The molecule has 1 aromatic heterocycles. The molecule has 0 saturated heterocycles. The molecule has 90 valence electrons. The molecule has 1 unspecified atom stereocenters. The fraction of sp³-hybridized carbons (Fsp3) is 0.357. The average molecular weight is 229 g/mol. The molecule has 0 bridgehead atoms. The van der Waals surface area contributed by atoms with Crippen molar-refractivity contribution in [2.45, 2.75) is 25.3 Å². The lowest BCUT2D eigenvalue weighted by molar-refractivity contribution is 0.444. The molecular formula is C14H19N3. The molecular weight excluding hydrogens is 210 g/mol. The minimum absolute atomic E-state index is 0.298. The summed E-state index contributed by atoms with van der Waals surface area (Å²) < 4.78 is 2.04. The second-order valence-electron chi connectivity index (χ2n) is 4.74. The molecule has 0 saturated carbocycles. The van der Waals surface area contributed by atoms with Crippen LogP contribution in [-0.4, -0.2) is 9.55 Å². The first-order chi connectivity index (χ1) is 8.09. The van der Waals surface area contributed by atoms with Crippen LogP contribution in [0.5, 0.6) is 0 Å². The van der Waals surface area contributed by atoms with Crippen LogP contribution >= 0.6 is 0 Å². The number of rotatable bonds is 4. The Bertz CT molecular complexity index is 471. The van der Waals surface area contributed by atoms with Crippen molar-refractivity contribution in [3.8, 4) is 0 Å². The summed E-state index contributed by atoms with van der Waals surface area (Å²) in [7, 11) is 2.01. The minimum Gasteiger partial charge on any atom is -0.338 e. The van der Waals surface area contributed by atoms with Gasteiger partial charge in [0.2, 0.25) is 0 Å². The van der Waals surface area contributed by atoms with Gasteiger partial charge in [0.15, 0.2) is 0 Å². The zero-order valence-electron chi connectivity index (χ0n) is 10.4. The molecule has 0 aliphatic heterocycles. The van der Waals surface area contributed by atoms with Gasteiger partial charge in [0.1, 0.15) is 5.82 Å². The summed E-state index contributed by atoms with van der Waals surface area (Å²) in [6.45, 7) is 2.07. The third kappa shape index (κ3) is 2.74. The molecule has 1 atom stereocenters. The number of aromatic nitrogens is 2. The fourth-order valence-electron chi connectivity index (χ4n) is 1.97. The maximum absolute atomic E-state index is 6.37. The van der Waals surface area contributed by atoms with E-state index in [9.17, 15) is 0 Å². The predicted molar refractivity (Wildman–Crippen MR) is 69.5 cm³/mol. The van der Waals surface area contributed by atoms with Gasteiger partial charge in [0.05, 0.1) is 0 Å². The maximum Gasteiger partial charge on any atom is 0.108 e. The molecule has 1 aromatic carbocycles. The molecule has 0 spiro atoms. The molecule has 0 fully saturated rings. The zero-order chi connectivity index (χ0) is 12.3. The van der Waals surface area contributed by atoms with E-state index in [1.807, 2.05) is 42.2 Å². The second-order valence-corrected chi connectivity index (χ2v) is 4.74. The summed E-state index contributed by atoms with van der Waals surface area (Å²) >= 11 is 0. The number of hydrogen-bond donors (Lipinski definition) is 1. The number of imidazole rings is 1. The summed E-state index contributed by atoms with van der Waals surface area (Å²) in [6, 6.07) is 10.2. The highest BCUT2D eigenvalue weighted by Crippen LogP contribution is 2.22. The van der Waals surface area contributed by atoms with Crippen LogP contribution in [0, 0.1) is 0 Å². The van der Waals surface area contributed by atoms with Crippen LogP contribution in [0.15, 0.2) is 42.7 Å². The van der Waals surface area contributed by atoms with Crippen molar-refractivity contribution >= 4 is 0 Å². The van der Waals surface area contributed by atoms with Gasteiger partial charge in [-0.2, -0.15) is 0 Å². The van der Waals surface area contributed by atoms with Crippen molar-refractivity contribution in [2.75, 3.05) is 0 Å². The Morgan fingerprint density at radius 2 is 2.00 bits per heavy atom. The van der Waals surface area contributed by atoms with E-state index in [1.165, 1.54) is 5.56 Å². The first kappa shape index (κ1) is 11.9. The number of benzene rings is 1. The molecule has 3 nitrogen and oxygen atoms in total. The standard InChI is InChI=1S/C14H19N3/c1-14(15,12-6-4-3-5-7-12)9-8-13-16-10-11-17(13)2/h3-7,10-11H,8-9,15H2,1-2H3. The van der Waals surface area contributed by atoms with Crippen molar-refractivity contribution in [1.82, 2.24) is 9.55 Å². The first-order valence-electron chi connectivity index (χ1n) is 5.90. The van der Waals surface area contributed by atoms with E-state index in [0.717, 1.165) is 18.7 Å². The summed E-state index contributed by atoms with van der Waals surface area (Å²) in [4.78, 5) is 4.32. The predicted octanol–water partition coefficient (Wildman–Crippen LogP) is 2.23. The van der Waals surface area contributed by atoms with Gasteiger partial charge in [-0.3, -0.25) is 0 Å². The van der Waals surface area contributed by atoms with Crippen LogP contribution in [0.25, 0.3) is 0 Å². The Hall–Kier alpha value is -1.61. The van der Waals surface area contributed by atoms with Gasteiger partial charge in [-0.1, -0.05) is 30.3 Å². The van der Waals surface area contributed by atoms with Crippen LogP contribution in [0.3, 0.4) is 0 Å². The van der Waals surface area contributed by atoms with Gasteiger partial charge in [-0.15, -0.1) is 0 Å². The van der Waals surface area contributed by atoms with Crippen molar-refractivity contribution in [2.24, 2.45) is 12.8 Å². The Kier molecular flexibility index (Phi) is 3.29. The third-order valence-corrected chi connectivity index (χ3v) is 3.22.